The van der Waals surface area contributed by atoms with Gasteiger partial charge in [-0.15, -0.1) is 0 Å². The van der Waals surface area contributed by atoms with Crippen LogP contribution in [0.5, 0.6) is 5.75 Å². The van der Waals surface area contributed by atoms with Gasteiger partial charge in [0, 0.05) is 37.0 Å². The average Bonchev–Trinajstić information content (AvgIpc) is 3.29. The Bertz CT molecular complexity index is 1010. The molecule has 0 radical (unpaired) electrons. The Morgan fingerprint density at radius 3 is 2.87 bits per heavy atom. The van der Waals surface area contributed by atoms with E-state index < -0.39 is 0 Å². The third-order valence-electron chi connectivity index (χ3n) is 6.19. The summed E-state index contributed by atoms with van der Waals surface area (Å²) in [6.07, 6.45) is 4.91. The number of benzene rings is 1. The number of thiophene rings is 1. The SMILES string of the molecule is O=C(CN1Cc2ccccc2OC(c2ccsc2)C1)N1CCCCC1c1ccccn1. The van der Waals surface area contributed by atoms with Crippen molar-refractivity contribution in [3.8, 4) is 5.75 Å². The van der Waals surface area contributed by atoms with Crippen molar-refractivity contribution in [2.75, 3.05) is 19.6 Å². The first-order valence-electron chi connectivity index (χ1n) is 11.0. The quantitative estimate of drug-likeness (QED) is 0.591. The van der Waals surface area contributed by atoms with Crippen LogP contribution in [0.3, 0.4) is 0 Å². The van der Waals surface area contributed by atoms with E-state index in [0.29, 0.717) is 19.6 Å². The zero-order valence-electron chi connectivity index (χ0n) is 17.5. The van der Waals surface area contributed by atoms with Gasteiger partial charge in [-0.1, -0.05) is 24.3 Å². The Morgan fingerprint density at radius 2 is 2.03 bits per heavy atom. The van der Waals surface area contributed by atoms with Gasteiger partial charge >= 0.3 is 0 Å². The van der Waals surface area contributed by atoms with E-state index in [4.69, 9.17) is 4.74 Å². The van der Waals surface area contributed by atoms with E-state index in [1.54, 1.807) is 11.3 Å². The molecule has 6 heteroatoms. The summed E-state index contributed by atoms with van der Waals surface area (Å²) in [6.45, 7) is 2.60. The standard InChI is InChI=1S/C25H27N3O2S/c29-25(28-13-6-4-9-22(28)21-8-3-5-12-26-21)17-27-15-19-7-1-2-10-23(19)30-24(16-27)20-11-14-31-18-20/h1-3,5,7-8,10-12,14,18,22,24H,4,6,9,13,15-17H2. The minimum absolute atomic E-state index is 0.0735. The highest BCUT2D eigenvalue weighted by molar-refractivity contribution is 7.07. The predicted molar refractivity (Wildman–Crippen MR) is 122 cm³/mol. The van der Waals surface area contributed by atoms with Crippen LogP contribution in [0.2, 0.25) is 0 Å². The van der Waals surface area contributed by atoms with Gasteiger partial charge in [0.2, 0.25) is 5.91 Å². The minimum atomic E-state index is -0.0735. The predicted octanol–water partition coefficient (Wildman–Crippen LogP) is 4.83. The van der Waals surface area contributed by atoms with Gasteiger partial charge in [-0.3, -0.25) is 14.7 Å². The molecule has 5 nitrogen and oxygen atoms in total. The lowest BCUT2D eigenvalue weighted by molar-refractivity contribution is -0.136. The number of aromatic nitrogens is 1. The Kier molecular flexibility index (Phi) is 6.00. The molecule has 2 aliphatic rings. The number of carbonyl (C=O) groups excluding carboxylic acids is 1. The second kappa shape index (κ2) is 9.20. The highest BCUT2D eigenvalue weighted by atomic mass is 32.1. The maximum Gasteiger partial charge on any atom is 0.237 e. The van der Waals surface area contributed by atoms with E-state index in [9.17, 15) is 4.79 Å². The summed E-state index contributed by atoms with van der Waals surface area (Å²) in [4.78, 5) is 22.3. The monoisotopic (exact) mass is 433 g/mol. The number of rotatable bonds is 4. The molecule has 2 aliphatic heterocycles. The van der Waals surface area contributed by atoms with Gasteiger partial charge in [0.15, 0.2) is 0 Å². The zero-order valence-corrected chi connectivity index (χ0v) is 18.3. The lowest BCUT2D eigenvalue weighted by Crippen LogP contribution is -2.45. The number of carbonyl (C=O) groups is 1. The lowest BCUT2D eigenvalue weighted by atomic mass is 9.98. The van der Waals surface area contributed by atoms with Gasteiger partial charge in [0.1, 0.15) is 11.9 Å². The van der Waals surface area contributed by atoms with Gasteiger partial charge in [-0.2, -0.15) is 11.3 Å². The lowest BCUT2D eigenvalue weighted by Gasteiger charge is -2.37. The molecule has 2 atom stereocenters. The molecule has 0 aliphatic carbocycles. The van der Waals surface area contributed by atoms with Crippen LogP contribution >= 0.6 is 11.3 Å². The molecule has 2 unspecified atom stereocenters. The van der Waals surface area contributed by atoms with Crippen molar-refractivity contribution in [2.24, 2.45) is 0 Å². The number of likely N-dealkylation sites (tertiary alicyclic amines) is 1. The van der Waals surface area contributed by atoms with Crippen molar-refractivity contribution in [2.45, 2.75) is 38.0 Å². The molecule has 0 saturated carbocycles. The van der Waals surface area contributed by atoms with Gasteiger partial charge in [0.25, 0.3) is 0 Å². The van der Waals surface area contributed by atoms with E-state index in [-0.39, 0.29) is 18.1 Å². The Hall–Kier alpha value is -2.70. The molecule has 2 aromatic heterocycles. The minimum Gasteiger partial charge on any atom is -0.484 e. The van der Waals surface area contributed by atoms with Crippen LogP contribution in [-0.2, 0) is 11.3 Å². The number of ether oxygens (including phenoxy) is 1. The van der Waals surface area contributed by atoms with Crippen LogP contribution in [0, 0.1) is 0 Å². The maximum atomic E-state index is 13.5. The molecular weight excluding hydrogens is 406 g/mol. The maximum absolute atomic E-state index is 13.5. The molecule has 4 heterocycles. The fourth-order valence-electron chi connectivity index (χ4n) is 4.62. The first kappa shape index (κ1) is 20.2. The van der Waals surface area contributed by atoms with Crippen LogP contribution < -0.4 is 4.74 Å². The molecule has 1 saturated heterocycles. The third-order valence-corrected chi connectivity index (χ3v) is 6.89. The van der Waals surface area contributed by atoms with Gasteiger partial charge in [-0.25, -0.2) is 0 Å². The zero-order chi connectivity index (χ0) is 21.0. The highest BCUT2D eigenvalue weighted by Crippen LogP contribution is 2.33. The van der Waals surface area contributed by atoms with E-state index in [2.05, 4.69) is 32.8 Å². The number of fused-ring (bicyclic) bond motifs is 1. The summed E-state index contributed by atoms with van der Waals surface area (Å²) in [5, 5.41) is 4.22. The average molecular weight is 434 g/mol. The summed E-state index contributed by atoms with van der Waals surface area (Å²) in [6, 6.07) is 16.3. The summed E-state index contributed by atoms with van der Waals surface area (Å²) in [7, 11) is 0. The first-order chi connectivity index (χ1) is 15.3. The van der Waals surface area contributed by atoms with E-state index >= 15 is 0 Å². The van der Waals surface area contributed by atoms with Crippen molar-refractivity contribution >= 4 is 17.2 Å². The third kappa shape index (κ3) is 4.50. The van der Waals surface area contributed by atoms with Crippen molar-refractivity contribution in [3.05, 3.63) is 82.3 Å². The molecule has 1 aromatic carbocycles. The highest BCUT2D eigenvalue weighted by Gasteiger charge is 2.31. The number of hydrogen-bond donors (Lipinski definition) is 0. The smallest absolute Gasteiger partial charge is 0.237 e. The topological polar surface area (TPSA) is 45.7 Å². The summed E-state index contributed by atoms with van der Waals surface area (Å²) in [5.41, 5.74) is 3.30. The Morgan fingerprint density at radius 1 is 1.13 bits per heavy atom. The number of pyridine rings is 1. The summed E-state index contributed by atoms with van der Waals surface area (Å²) in [5.74, 6) is 1.09. The fraction of sp³-hybridized carbons (Fsp3) is 0.360. The molecule has 1 amide bonds. The number of nitrogens with zero attached hydrogens (tertiary/aromatic N) is 3. The van der Waals surface area contributed by atoms with Crippen molar-refractivity contribution < 1.29 is 9.53 Å². The Balaban J connectivity index is 1.36. The molecule has 31 heavy (non-hydrogen) atoms. The first-order valence-corrected chi connectivity index (χ1v) is 11.9. The van der Waals surface area contributed by atoms with E-state index in [1.807, 2.05) is 47.5 Å². The summed E-state index contributed by atoms with van der Waals surface area (Å²) >= 11 is 1.68. The van der Waals surface area contributed by atoms with E-state index in [0.717, 1.165) is 42.8 Å². The molecule has 0 bridgehead atoms. The van der Waals surface area contributed by atoms with Crippen LogP contribution in [0.1, 0.15) is 48.2 Å². The van der Waals surface area contributed by atoms with Gasteiger partial charge in [0.05, 0.1) is 18.3 Å². The van der Waals surface area contributed by atoms with Crippen LogP contribution in [-0.4, -0.2) is 40.3 Å². The van der Waals surface area contributed by atoms with E-state index in [1.165, 1.54) is 5.56 Å². The molecule has 160 valence electrons. The van der Waals surface area contributed by atoms with Crippen molar-refractivity contribution in [1.29, 1.82) is 0 Å². The Labute approximate surface area is 187 Å². The number of hydrogen-bond acceptors (Lipinski definition) is 5. The number of para-hydroxylation sites is 1. The second-order valence-corrected chi connectivity index (χ2v) is 9.07. The van der Waals surface area contributed by atoms with Crippen LogP contribution in [0.25, 0.3) is 0 Å². The van der Waals surface area contributed by atoms with Crippen molar-refractivity contribution in [3.63, 3.8) is 0 Å². The fourth-order valence-corrected chi connectivity index (χ4v) is 5.33. The second-order valence-electron chi connectivity index (χ2n) is 8.29. The van der Waals surface area contributed by atoms with Gasteiger partial charge < -0.3 is 9.64 Å². The molecular formula is C25H27N3O2S. The van der Waals surface area contributed by atoms with Gasteiger partial charge in [-0.05, 0) is 54.3 Å². The number of piperidine rings is 1. The molecule has 0 spiro atoms. The van der Waals surface area contributed by atoms with Crippen LogP contribution in [0.15, 0.2) is 65.5 Å². The molecule has 3 aromatic rings. The number of amides is 1. The largest absolute Gasteiger partial charge is 0.484 e. The molecule has 1 fully saturated rings. The normalized spacial score (nSPS) is 21.7. The van der Waals surface area contributed by atoms with Crippen LogP contribution in [0.4, 0.5) is 0 Å². The molecule has 0 N–H and O–H groups in total. The summed E-state index contributed by atoms with van der Waals surface area (Å²) < 4.78 is 6.38. The van der Waals surface area contributed by atoms with Crippen molar-refractivity contribution in [1.82, 2.24) is 14.8 Å². The molecule has 5 rings (SSSR count).